The molecule has 1 atom stereocenters. The molecule has 0 radical (unpaired) electrons. The third kappa shape index (κ3) is 4.17. The SMILES string of the molecule is OC1c2ncn(Cc3ccccc3)c2[C]([AlH2])=CN1c1ccc(OC(F)(F)F)cc1. The molecule has 0 amide bonds. The number of hydrogen-bond donors (Lipinski definition) is 1. The van der Waals surface area contributed by atoms with Gasteiger partial charge in [0.25, 0.3) is 16.3 Å². The largest absolute Gasteiger partial charge is 0.573 e. The smallest absolute Gasteiger partial charge is 0.406 e. The van der Waals surface area contributed by atoms with Gasteiger partial charge < -0.3 is 19.3 Å². The lowest BCUT2D eigenvalue weighted by Crippen LogP contribution is -2.28. The number of alkyl halides is 3. The fraction of sp³-hybridized carbons (Fsp3) is 0.150. The average molecular weight is 415 g/mol. The number of aliphatic hydroxyl groups is 1. The lowest BCUT2D eigenvalue weighted by Gasteiger charge is -2.31. The molecule has 3 aromatic rings. The molecule has 29 heavy (non-hydrogen) atoms. The summed E-state index contributed by atoms with van der Waals surface area (Å²) in [6, 6.07) is 15.3. The van der Waals surface area contributed by atoms with Crippen molar-refractivity contribution in [3.8, 4) is 5.75 Å². The van der Waals surface area contributed by atoms with E-state index in [0.29, 0.717) is 34.2 Å². The van der Waals surface area contributed by atoms with E-state index in [2.05, 4.69) is 9.72 Å². The molecule has 0 spiro atoms. The fourth-order valence-corrected chi connectivity index (χ4v) is 4.24. The topological polar surface area (TPSA) is 50.5 Å². The second-order valence-corrected chi connectivity index (χ2v) is 7.80. The molecule has 0 saturated carbocycles. The molecule has 148 valence electrons. The van der Waals surface area contributed by atoms with Gasteiger partial charge in [0.15, 0.2) is 6.23 Å². The van der Waals surface area contributed by atoms with Gasteiger partial charge in [-0.05, 0) is 36.0 Å². The molecule has 2 heterocycles. The van der Waals surface area contributed by atoms with Gasteiger partial charge in [0.2, 0.25) is 0 Å². The van der Waals surface area contributed by atoms with E-state index in [1.807, 2.05) is 41.1 Å². The molecular weight excluding hydrogens is 398 g/mol. The third-order valence-corrected chi connectivity index (χ3v) is 5.38. The first kappa shape index (κ1) is 19.6. The molecule has 2 aromatic carbocycles. The molecule has 1 aromatic heterocycles. The van der Waals surface area contributed by atoms with Gasteiger partial charge >= 0.3 is 6.36 Å². The summed E-state index contributed by atoms with van der Waals surface area (Å²) in [5, 5.41) is 10.8. The van der Waals surface area contributed by atoms with Crippen LogP contribution in [0.25, 0.3) is 4.44 Å². The van der Waals surface area contributed by atoms with E-state index in [0.717, 1.165) is 15.7 Å². The highest BCUT2D eigenvalue weighted by molar-refractivity contribution is 6.42. The van der Waals surface area contributed by atoms with Crippen LogP contribution in [0.3, 0.4) is 0 Å². The predicted octanol–water partition coefficient (Wildman–Crippen LogP) is 3.27. The van der Waals surface area contributed by atoms with Crippen LogP contribution in [-0.2, 0) is 6.54 Å². The molecule has 0 bridgehead atoms. The van der Waals surface area contributed by atoms with Crippen molar-refractivity contribution in [3.05, 3.63) is 84.1 Å². The Bertz CT molecular complexity index is 1030. The maximum Gasteiger partial charge on any atom is 0.573 e. The van der Waals surface area contributed by atoms with Crippen molar-refractivity contribution in [2.24, 2.45) is 0 Å². The number of aliphatic hydroxyl groups excluding tert-OH is 1. The number of halogens is 3. The molecule has 0 saturated heterocycles. The van der Waals surface area contributed by atoms with Gasteiger partial charge in [0.05, 0.1) is 12.0 Å². The maximum atomic E-state index is 12.3. The number of fused-ring (bicyclic) bond motifs is 1. The Hall–Kier alpha value is -2.73. The van der Waals surface area contributed by atoms with Gasteiger partial charge in [-0.15, -0.1) is 13.2 Å². The lowest BCUT2D eigenvalue weighted by atomic mass is 10.1. The van der Waals surface area contributed by atoms with Gasteiger partial charge in [-0.1, -0.05) is 34.8 Å². The molecule has 0 aliphatic carbocycles. The molecule has 1 N–H and O–H groups in total. The Morgan fingerprint density at radius 2 is 1.76 bits per heavy atom. The number of nitrogens with zero attached hydrogens (tertiary/aromatic N) is 3. The molecule has 0 fully saturated rings. The van der Waals surface area contributed by atoms with Crippen molar-refractivity contribution >= 4 is 26.4 Å². The molecule has 1 aliphatic rings. The molecule has 1 aliphatic heterocycles. The van der Waals surface area contributed by atoms with Gasteiger partial charge in [0, 0.05) is 12.2 Å². The Morgan fingerprint density at radius 1 is 1.07 bits per heavy atom. The van der Waals surface area contributed by atoms with Gasteiger partial charge in [-0.25, -0.2) is 4.98 Å². The van der Waals surface area contributed by atoms with Crippen LogP contribution in [-0.4, -0.2) is 37.3 Å². The third-order valence-electron chi connectivity index (χ3n) is 4.64. The van der Waals surface area contributed by atoms with Gasteiger partial charge in [0.1, 0.15) is 11.4 Å². The second-order valence-electron chi connectivity index (χ2n) is 6.73. The quantitative estimate of drug-likeness (QED) is 0.665. The highest BCUT2D eigenvalue weighted by atomic mass is 27.0. The van der Waals surface area contributed by atoms with Gasteiger partial charge in [-0.2, -0.15) is 0 Å². The summed E-state index contributed by atoms with van der Waals surface area (Å²) in [7, 11) is 0. The first-order valence-electron chi connectivity index (χ1n) is 8.92. The number of ether oxygens (including phenoxy) is 1. The number of rotatable bonds is 4. The summed E-state index contributed by atoms with van der Waals surface area (Å²) in [5.74, 6) is -0.310. The summed E-state index contributed by atoms with van der Waals surface area (Å²) in [4.78, 5) is 6.00. The normalized spacial score (nSPS) is 16.3. The van der Waals surface area contributed by atoms with Crippen molar-refractivity contribution in [2.45, 2.75) is 19.1 Å². The Morgan fingerprint density at radius 3 is 2.41 bits per heavy atom. The Kier molecular flexibility index (Phi) is 5.13. The average Bonchev–Trinajstić information content (AvgIpc) is 3.09. The monoisotopic (exact) mass is 415 g/mol. The van der Waals surface area contributed by atoms with E-state index in [9.17, 15) is 18.3 Å². The van der Waals surface area contributed by atoms with Crippen LogP contribution in [0.4, 0.5) is 18.9 Å². The number of anilines is 1. The summed E-state index contributed by atoms with van der Waals surface area (Å²) < 4.78 is 44.0. The summed E-state index contributed by atoms with van der Waals surface area (Å²) >= 11 is 0.705. The zero-order valence-electron chi connectivity index (χ0n) is 15.5. The molecule has 9 heteroatoms. The predicted molar refractivity (Wildman–Crippen MR) is 105 cm³/mol. The highest BCUT2D eigenvalue weighted by Gasteiger charge is 2.32. The van der Waals surface area contributed by atoms with Crippen LogP contribution in [0, 0.1) is 0 Å². The lowest BCUT2D eigenvalue weighted by molar-refractivity contribution is -0.274. The first-order chi connectivity index (χ1) is 13.8. The Balaban J connectivity index is 1.60. The summed E-state index contributed by atoms with van der Waals surface area (Å²) in [5.41, 5.74) is 3.09. The maximum absolute atomic E-state index is 12.3. The number of aromatic nitrogens is 2. The zero-order valence-corrected chi connectivity index (χ0v) is 17.5. The summed E-state index contributed by atoms with van der Waals surface area (Å²) in [6.45, 7) is 0.638. The van der Waals surface area contributed by atoms with Crippen molar-refractivity contribution < 1.29 is 23.0 Å². The van der Waals surface area contributed by atoms with Crippen LogP contribution in [0.2, 0.25) is 0 Å². The van der Waals surface area contributed by atoms with E-state index < -0.39 is 12.6 Å². The molecule has 5 nitrogen and oxygen atoms in total. The van der Waals surface area contributed by atoms with Crippen molar-refractivity contribution in [1.82, 2.24) is 9.55 Å². The van der Waals surface area contributed by atoms with Crippen LogP contribution in [0.15, 0.2) is 67.1 Å². The highest BCUT2D eigenvalue weighted by Crippen LogP contribution is 2.36. The van der Waals surface area contributed by atoms with E-state index >= 15 is 0 Å². The zero-order chi connectivity index (χ0) is 20.6. The van der Waals surface area contributed by atoms with E-state index in [1.165, 1.54) is 24.3 Å². The van der Waals surface area contributed by atoms with E-state index in [4.69, 9.17) is 0 Å². The van der Waals surface area contributed by atoms with Crippen LogP contribution < -0.4 is 9.64 Å². The van der Waals surface area contributed by atoms with E-state index in [1.54, 1.807) is 11.2 Å². The minimum Gasteiger partial charge on any atom is -0.406 e. The van der Waals surface area contributed by atoms with Crippen LogP contribution in [0.5, 0.6) is 5.75 Å². The van der Waals surface area contributed by atoms with Crippen molar-refractivity contribution in [3.63, 3.8) is 0 Å². The molecule has 4 rings (SSSR count). The first-order valence-corrected chi connectivity index (χ1v) is 9.92. The van der Waals surface area contributed by atoms with E-state index in [-0.39, 0.29) is 5.75 Å². The second kappa shape index (κ2) is 7.60. The van der Waals surface area contributed by atoms with Gasteiger partial charge in [-0.3, -0.25) is 0 Å². The van der Waals surface area contributed by atoms with Crippen LogP contribution >= 0.6 is 0 Å². The molecular formula is C20H17AlF3N3O2. The minimum atomic E-state index is -4.74. The number of benzene rings is 2. The fourth-order valence-electron chi connectivity index (χ4n) is 3.42. The summed E-state index contributed by atoms with van der Waals surface area (Å²) in [6.07, 6.45) is -2.25. The number of hydrogen-bond acceptors (Lipinski definition) is 4. The van der Waals surface area contributed by atoms with Crippen LogP contribution in [0.1, 0.15) is 23.2 Å². The van der Waals surface area contributed by atoms with Crippen molar-refractivity contribution in [2.75, 3.05) is 4.90 Å². The Labute approximate surface area is 173 Å². The minimum absolute atomic E-state index is 0.310. The standard InChI is InChI=1S/C20H15F3N3O2.Al.2H/c21-20(22,23)28-16-8-6-15(7-9-16)26-11-10-17-18(19(26)27)24-13-25(17)12-14-4-2-1-3-5-14;;;/h1-9,11,13,19,27H,12H2;;;. The molecule has 1 unspecified atom stereocenters. The number of imidazole rings is 1. The van der Waals surface area contributed by atoms with Crippen molar-refractivity contribution in [1.29, 1.82) is 0 Å².